The Labute approximate surface area is 149 Å². The Bertz CT molecular complexity index is 812. The number of anilines is 1. The van der Waals surface area contributed by atoms with Crippen molar-refractivity contribution >= 4 is 29.2 Å². The Kier molecular flexibility index (Phi) is 4.76. The summed E-state index contributed by atoms with van der Waals surface area (Å²) in [7, 11) is 0. The molecule has 2 aromatic rings. The van der Waals surface area contributed by atoms with Crippen molar-refractivity contribution in [1.82, 2.24) is 24.8 Å². The van der Waals surface area contributed by atoms with Crippen LogP contribution in [0.3, 0.4) is 0 Å². The summed E-state index contributed by atoms with van der Waals surface area (Å²) in [6.45, 7) is 5.68. The number of hydrogen-bond acceptors (Lipinski definition) is 6. The van der Waals surface area contributed by atoms with Gasteiger partial charge in [0.25, 0.3) is 5.56 Å². The number of fused-ring (bicyclic) bond motifs is 1. The first-order valence-electron chi connectivity index (χ1n) is 7.67. The predicted octanol–water partition coefficient (Wildman–Crippen LogP) is 2.13. The number of aromatic amines is 1. The third-order valence-electron chi connectivity index (χ3n) is 4.02. The highest BCUT2D eigenvalue weighted by Gasteiger charge is 2.23. The van der Waals surface area contributed by atoms with E-state index in [1.165, 1.54) is 0 Å². The molecule has 0 unspecified atom stereocenters. The van der Waals surface area contributed by atoms with Gasteiger partial charge >= 0.3 is 0 Å². The summed E-state index contributed by atoms with van der Waals surface area (Å²) in [5, 5.41) is 0.473. The standard InChI is InChI=1S/C15H18Cl2N6O/c1-7(2)13-19-10-3-4-23(5-8(10)14(24)22-13)6-9-11(16)20-15(18)21-12(9)17/h7H,3-6H2,1-2H3,(H2,18,20,21)(H,19,22,24). The lowest BCUT2D eigenvalue weighted by molar-refractivity contribution is 0.241. The number of nitrogens with one attached hydrogen (secondary N) is 1. The van der Waals surface area contributed by atoms with Gasteiger partial charge in [-0.05, 0) is 0 Å². The molecule has 0 saturated carbocycles. The number of H-pyrrole nitrogens is 1. The maximum atomic E-state index is 12.4. The molecule has 128 valence electrons. The van der Waals surface area contributed by atoms with Crippen LogP contribution in [0.1, 0.15) is 42.4 Å². The van der Waals surface area contributed by atoms with Crippen LogP contribution < -0.4 is 11.3 Å². The van der Waals surface area contributed by atoms with Crippen LogP contribution in [0.4, 0.5) is 5.95 Å². The molecule has 1 aliphatic heterocycles. The number of aromatic nitrogens is 4. The van der Waals surface area contributed by atoms with E-state index in [1.807, 2.05) is 13.8 Å². The third-order valence-corrected chi connectivity index (χ3v) is 4.64. The molecule has 0 spiro atoms. The summed E-state index contributed by atoms with van der Waals surface area (Å²) in [6, 6.07) is 0. The zero-order chi connectivity index (χ0) is 17.4. The van der Waals surface area contributed by atoms with E-state index in [9.17, 15) is 4.79 Å². The minimum absolute atomic E-state index is 0.0413. The van der Waals surface area contributed by atoms with Gasteiger partial charge in [-0.3, -0.25) is 9.69 Å². The molecule has 3 N–H and O–H groups in total. The van der Waals surface area contributed by atoms with E-state index in [2.05, 4.69) is 24.8 Å². The number of nitrogen functional groups attached to an aromatic ring is 1. The highest BCUT2D eigenvalue weighted by atomic mass is 35.5. The largest absolute Gasteiger partial charge is 0.368 e. The number of hydrogen-bond donors (Lipinski definition) is 2. The van der Waals surface area contributed by atoms with Crippen molar-refractivity contribution in [3.05, 3.63) is 43.3 Å². The second-order valence-electron chi connectivity index (χ2n) is 6.13. The zero-order valence-electron chi connectivity index (χ0n) is 13.4. The van der Waals surface area contributed by atoms with Gasteiger partial charge in [0.2, 0.25) is 5.95 Å². The van der Waals surface area contributed by atoms with Crippen LogP contribution in [-0.2, 0) is 19.5 Å². The van der Waals surface area contributed by atoms with Crippen molar-refractivity contribution < 1.29 is 0 Å². The van der Waals surface area contributed by atoms with Crippen LogP contribution in [0.15, 0.2) is 4.79 Å². The molecule has 24 heavy (non-hydrogen) atoms. The number of rotatable bonds is 3. The van der Waals surface area contributed by atoms with Gasteiger partial charge in [-0.2, -0.15) is 0 Å². The molecule has 3 rings (SSSR count). The molecule has 0 amide bonds. The molecular weight excluding hydrogens is 351 g/mol. The third kappa shape index (κ3) is 3.38. The van der Waals surface area contributed by atoms with Gasteiger partial charge in [0, 0.05) is 37.5 Å². The van der Waals surface area contributed by atoms with Crippen molar-refractivity contribution in [3.63, 3.8) is 0 Å². The molecule has 7 nitrogen and oxygen atoms in total. The number of nitrogens with zero attached hydrogens (tertiary/aromatic N) is 4. The highest BCUT2D eigenvalue weighted by molar-refractivity contribution is 6.34. The molecule has 2 aromatic heterocycles. The molecule has 0 bridgehead atoms. The first-order valence-corrected chi connectivity index (χ1v) is 8.42. The van der Waals surface area contributed by atoms with Gasteiger partial charge in [-0.15, -0.1) is 0 Å². The summed E-state index contributed by atoms with van der Waals surface area (Å²) < 4.78 is 0. The summed E-state index contributed by atoms with van der Waals surface area (Å²) in [5.41, 5.74) is 7.61. The topological polar surface area (TPSA) is 101 Å². The first kappa shape index (κ1) is 17.1. The Balaban J connectivity index is 1.85. The molecule has 0 aromatic carbocycles. The van der Waals surface area contributed by atoms with Crippen LogP contribution >= 0.6 is 23.2 Å². The van der Waals surface area contributed by atoms with Gasteiger partial charge in [-0.1, -0.05) is 37.0 Å². The predicted molar refractivity (Wildman–Crippen MR) is 93.2 cm³/mol. The van der Waals surface area contributed by atoms with Crippen molar-refractivity contribution in [3.8, 4) is 0 Å². The van der Waals surface area contributed by atoms with Gasteiger partial charge < -0.3 is 10.7 Å². The maximum absolute atomic E-state index is 12.4. The summed E-state index contributed by atoms with van der Waals surface area (Å²) in [4.78, 5) is 29.7. The Hall–Kier alpha value is -1.70. The van der Waals surface area contributed by atoms with Crippen LogP contribution in [-0.4, -0.2) is 31.4 Å². The Morgan fingerprint density at radius 3 is 2.54 bits per heavy atom. The molecule has 1 aliphatic rings. The monoisotopic (exact) mass is 368 g/mol. The van der Waals surface area contributed by atoms with Crippen LogP contribution in [0.2, 0.25) is 10.3 Å². The first-order chi connectivity index (χ1) is 11.3. The van der Waals surface area contributed by atoms with Crippen LogP contribution in [0.25, 0.3) is 0 Å². The minimum atomic E-state index is -0.0841. The van der Waals surface area contributed by atoms with E-state index < -0.39 is 0 Å². The average Bonchev–Trinajstić information content (AvgIpc) is 2.51. The van der Waals surface area contributed by atoms with Crippen molar-refractivity contribution in [1.29, 1.82) is 0 Å². The fraction of sp³-hybridized carbons (Fsp3) is 0.467. The summed E-state index contributed by atoms with van der Waals surface area (Å²) in [5.74, 6) is 0.954. The molecule has 0 fully saturated rings. The molecular formula is C15H18Cl2N6O. The zero-order valence-corrected chi connectivity index (χ0v) is 14.9. The fourth-order valence-corrected chi connectivity index (χ4v) is 3.23. The Morgan fingerprint density at radius 1 is 1.25 bits per heavy atom. The van der Waals surface area contributed by atoms with E-state index in [1.54, 1.807) is 0 Å². The maximum Gasteiger partial charge on any atom is 0.255 e. The lowest BCUT2D eigenvalue weighted by atomic mass is 10.1. The van der Waals surface area contributed by atoms with E-state index in [0.717, 1.165) is 18.1 Å². The second kappa shape index (κ2) is 6.66. The molecule has 0 aliphatic carbocycles. The molecule has 0 saturated heterocycles. The van der Waals surface area contributed by atoms with Gasteiger partial charge in [0.1, 0.15) is 16.1 Å². The lowest BCUT2D eigenvalue weighted by Crippen LogP contribution is -2.36. The Morgan fingerprint density at radius 2 is 1.92 bits per heavy atom. The smallest absolute Gasteiger partial charge is 0.255 e. The normalized spacial score (nSPS) is 14.9. The van der Waals surface area contributed by atoms with E-state index >= 15 is 0 Å². The minimum Gasteiger partial charge on any atom is -0.368 e. The SMILES string of the molecule is CC(C)c1nc2c(c(=O)[nH]1)CN(Cc1c(Cl)nc(N)nc1Cl)CC2. The lowest BCUT2D eigenvalue weighted by Gasteiger charge is -2.28. The fourth-order valence-electron chi connectivity index (χ4n) is 2.71. The molecule has 0 atom stereocenters. The van der Waals surface area contributed by atoms with E-state index in [-0.39, 0.29) is 27.7 Å². The average molecular weight is 369 g/mol. The summed E-state index contributed by atoms with van der Waals surface area (Å²) >= 11 is 12.2. The second-order valence-corrected chi connectivity index (χ2v) is 6.85. The van der Waals surface area contributed by atoms with Gasteiger partial charge in [0.15, 0.2) is 0 Å². The van der Waals surface area contributed by atoms with Crippen molar-refractivity contribution in [2.45, 2.75) is 39.3 Å². The van der Waals surface area contributed by atoms with Crippen molar-refractivity contribution in [2.75, 3.05) is 12.3 Å². The van der Waals surface area contributed by atoms with E-state index in [4.69, 9.17) is 28.9 Å². The number of halogens is 2. The molecule has 3 heterocycles. The van der Waals surface area contributed by atoms with E-state index in [0.29, 0.717) is 30.6 Å². The van der Waals surface area contributed by atoms with Gasteiger partial charge in [0.05, 0.1) is 11.3 Å². The van der Waals surface area contributed by atoms with Crippen molar-refractivity contribution in [2.24, 2.45) is 0 Å². The number of nitrogens with two attached hydrogens (primary N) is 1. The quantitative estimate of drug-likeness (QED) is 0.804. The van der Waals surface area contributed by atoms with Crippen LogP contribution in [0, 0.1) is 0 Å². The highest BCUT2D eigenvalue weighted by Crippen LogP contribution is 2.25. The molecule has 0 radical (unpaired) electrons. The van der Waals surface area contributed by atoms with Crippen LogP contribution in [0.5, 0.6) is 0 Å². The summed E-state index contributed by atoms with van der Waals surface area (Å²) in [6.07, 6.45) is 0.698. The molecule has 9 heteroatoms. The van der Waals surface area contributed by atoms with Gasteiger partial charge in [-0.25, -0.2) is 15.0 Å².